The molecule has 5 N–H and O–H groups in total. The number of carboxylic acid groups (broad SMARTS) is 1. The van der Waals surface area contributed by atoms with E-state index in [0.717, 1.165) is 0 Å². The van der Waals surface area contributed by atoms with Crippen LogP contribution >= 0.6 is 11.8 Å². The monoisotopic (exact) mass is 430 g/mol. The average Bonchev–Trinajstić information content (AvgIpc) is 3.06. The van der Waals surface area contributed by atoms with Crippen molar-refractivity contribution in [2.45, 2.75) is 24.4 Å². The average molecular weight is 430 g/mol. The SMILES string of the molecule is NC(=O)C[n+]1cccc(N2CC/C(=C\C3=C(C(=O)O)N4C(=O)[C@@H](N)[C@H]4SC3)C2=O)c1. The summed E-state index contributed by atoms with van der Waals surface area (Å²) in [5, 5.41) is 9.26. The van der Waals surface area contributed by atoms with Crippen molar-refractivity contribution in [1.82, 2.24) is 4.90 Å². The number of rotatable bonds is 5. The number of β-lactam (4-membered cyclic amide) rings is 1. The summed E-state index contributed by atoms with van der Waals surface area (Å²) in [7, 11) is 0. The number of primary amides is 1. The summed E-state index contributed by atoms with van der Waals surface area (Å²) < 4.78 is 1.59. The number of nitrogens with zero attached hydrogens (tertiary/aromatic N) is 3. The number of pyridine rings is 1. The molecule has 30 heavy (non-hydrogen) atoms. The van der Waals surface area contributed by atoms with Crippen molar-refractivity contribution in [2.75, 3.05) is 17.2 Å². The maximum Gasteiger partial charge on any atom is 0.352 e. The zero-order chi connectivity index (χ0) is 21.6. The van der Waals surface area contributed by atoms with Crippen LogP contribution in [0.25, 0.3) is 0 Å². The molecule has 0 spiro atoms. The molecular formula is C19H20N5O5S+. The summed E-state index contributed by atoms with van der Waals surface area (Å²) in [4.78, 5) is 50.7. The lowest BCUT2D eigenvalue weighted by atomic mass is 10.0. The van der Waals surface area contributed by atoms with Crippen LogP contribution in [0.1, 0.15) is 6.42 Å². The lowest BCUT2D eigenvalue weighted by Crippen LogP contribution is -2.68. The summed E-state index contributed by atoms with van der Waals surface area (Å²) in [5.74, 6) is -2.03. The first-order valence-corrected chi connectivity index (χ1v) is 10.3. The smallest absolute Gasteiger partial charge is 0.352 e. The number of aliphatic carboxylic acids is 1. The number of allylic oxidation sites excluding steroid dienone is 1. The molecule has 0 aliphatic carbocycles. The molecule has 156 valence electrons. The Kier molecular flexibility index (Phi) is 5.08. The third-order valence-electron chi connectivity index (χ3n) is 5.21. The zero-order valence-electron chi connectivity index (χ0n) is 15.9. The number of nitrogens with two attached hydrogens (primary N) is 2. The highest BCUT2D eigenvalue weighted by atomic mass is 32.2. The largest absolute Gasteiger partial charge is 0.477 e. The quantitative estimate of drug-likeness (QED) is 0.298. The predicted octanol–water partition coefficient (Wildman–Crippen LogP) is -1.30. The number of hydrogen-bond donors (Lipinski definition) is 3. The van der Waals surface area contributed by atoms with Crippen molar-refractivity contribution in [3.63, 3.8) is 0 Å². The van der Waals surface area contributed by atoms with Crippen LogP contribution in [0.2, 0.25) is 0 Å². The third kappa shape index (κ3) is 3.35. The van der Waals surface area contributed by atoms with Gasteiger partial charge in [-0.15, -0.1) is 11.8 Å². The molecule has 2 saturated heterocycles. The molecule has 2 fully saturated rings. The fourth-order valence-electron chi connectivity index (χ4n) is 3.80. The summed E-state index contributed by atoms with van der Waals surface area (Å²) >= 11 is 1.39. The van der Waals surface area contributed by atoms with Crippen molar-refractivity contribution in [2.24, 2.45) is 11.5 Å². The fourth-order valence-corrected chi connectivity index (χ4v) is 5.05. The highest BCUT2D eigenvalue weighted by molar-refractivity contribution is 8.00. The summed E-state index contributed by atoms with van der Waals surface area (Å²) in [5.41, 5.74) is 12.4. The zero-order valence-corrected chi connectivity index (χ0v) is 16.7. The Labute approximate surface area is 175 Å². The normalized spacial score (nSPS) is 24.9. The van der Waals surface area contributed by atoms with Gasteiger partial charge in [0.1, 0.15) is 22.8 Å². The van der Waals surface area contributed by atoms with Crippen LogP contribution in [0, 0.1) is 0 Å². The van der Waals surface area contributed by atoms with Gasteiger partial charge in [-0.05, 0) is 24.1 Å². The van der Waals surface area contributed by atoms with Crippen molar-refractivity contribution >= 4 is 41.1 Å². The van der Waals surface area contributed by atoms with E-state index in [0.29, 0.717) is 35.6 Å². The molecule has 1 aromatic heterocycles. The molecule has 0 aromatic carbocycles. The van der Waals surface area contributed by atoms with Gasteiger partial charge in [0.2, 0.25) is 12.5 Å². The van der Waals surface area contributed by atoms with E-state index >= 15 is 0 Å². The number of carbonyl (C=O) groups is 4. The third-order valence-corrected chi connectivity index (χ3v) is 6.53. The van der Waals surface area contributed by atoms with Gasteiger partial charge in [-0.25, -0.2) is 4.79 Å². The Balaban J connectivity index is 1.61. The Morgan fingerprint density at radius 1 is 1.37 bits per heavy atom. The second-order valence-electron chi connectivity index (χ2n) is 7.19. The maximum absolute atomic E-state index is 12.9. The van der Waals surface area contributed by atoms with E-state index in [4.69, 9.17) is 11.5 Å². The molecule has 11 heteroatoms. The molecule has 0 saturated carbocycles. The van der Waals surface area contributed by atoms with E-state index in [1.54, 1.807) is 40.1 Å². The van der Waals surface area contributed by atoms with Gasteiger partial charge < -0.3 is 21.5 Å². The molecule has 1 aromatic rings. The van der Waals surface area contributed by atoms with Gasteiger partial charge in [0.25, 0.3) is 11.8 Å². The molecule has 10 nitrogen and oxygen atoms in total. The van der Waals surface area contributed by atoms with E-state index in [1.165, 1.54) is 16.7 Å². The van der Waals surface area contributed by atoms with Crippen molar-refractivity contribution in [3.8, 4) is 0 Å². The van der Waals surface area contributed by atoms with Crippen LogP contribution in [-0.2, 0) is 25.7 Å². The molecule has 2 atom stereocenters. The van der Waals surface area contributed by atoms with Crippen molar-refractivity contribution in [3.05, 3.63) is 47.4 Å². The van der Waals surface area contributed by atoms with Gasteiger partial charge in [0, 0.05) is 23.9 Å². The number of carbonyl (C=O) groups excluding carboxylic acids is 3. The van der Waals surface area contributed by atoms with Gasteiger partial charge in [-0.1, -0.05) is 0 Å². The molecule has 0 radical (unpaired) electrons. The number of anilines is 1. The van der Waals surface area contributed by atoms with Gasteiger partial charge in [-0.3, -0.25) is 19.3 Å². The minimum atomic E-state index is -1.22. The number of carboxylic acids is 1. The molecule has 0 unspecified atom stereocenters. The summed E-state index contributed by atoms with van der Waals surface area (Å²) in [6, 6.07) is 2.77. The molecule has 0 bridgehead atoms. The number of hydrogen-bond acceptors (Lipinski definition) is 6. The molecule has 3 aliphatic rings. The Morgan fingerprint density at radius 2 is 2.13 bits per heavy atom. The van der Waals surface area contributed by atoms with Crippen LogP contribution in [0.15, 0.2) is 47.4 Å². The van der Waals surface area contributed by atoms with E-state index in [1.807, 2.05) is 0 Å². The second kappa shape index (κ2) is 7.58. The Morgan fingerprint density at radius 3 is 2.83 bits per heavy atom. The fraction of sp³-hybridized carbons (Fsp3) is 0.316. The van der Waals surface area contributed by atoms with Gasteiger partial charge in [0.05, 0.1) is 0 Å². The van der Waals surface area contributed by atoms with Crippen molar-refractivity contribution in [1.29, 1.82) is 0 Å². The predicted molar refractivity (Wildman–Crippen MR) is 107 cm³/mol. The minimum absolute atomic E-state index is 0.00217. The van der Waals surface area contributed by atoms with Crippen LogP contribution in [0.3, 0.4) is 0 Å². The van der Waals surface area contributed by atoms with Crippen LogP contribution in [-0.4, -0.2) is 57.4 Å². The van der Waals surface area contributed by atoms with E-state index in [9.17, 15) is 24.3 Å². The molecule has 3 amide bonds. The molecule has 4 heterocycles. The highest BCUT2D eigenvalue weighted by Crippen LogP contribution is 2.40. The molecular weight excluding hydrogens is 410 g/mol. The first-order chi connectivity index (χ1) is 14.3. The Hall–Kier alpha value is -3.18. The number of aromatic nitrogens is 1. The van der Waals surface area contributed by atoms with Gasteiger partial charge in [0.15, 0.2) is 12.4 Å². The first-order valence-electron chi connectivity index (χ1n) is 9.24. The standard InChI is InChI=1S/C19H19N5O5S/c20-13(25)8-22-4-1-2-12(7-22)23-5-3-10(16(23)26)6-11-9-30-18-14(21)17(27)24(18)15(11)19(28)29/h1-2,4,6-7,14,18H,3,5,8-9,21H2,(H2-,20,25,28,29)/p+1/b10-6+/t14-,18-/m1/s1. The van der Waals surface area contributed by atoms with Gasteiger partial charge in [-0.2, -0.15) is 4.57 Å². The summed E-state index contributed by atoms with van der Waals surface area (Å²) in [6.07, 6.45) is 5.35. The maximum atomic E-state index is 12.9. The van der Waals surface area contributed by atoms with E-state index < -0.39 is 23.8 Å². The topological polar surface area (TPSA) is 151 Å². The Bertz CT molecular complexity index is 1040. The lowest BCUT2D eigenvalue weighted by Gasteiger charge is -2.47. The van der Waals surface area contributed by atoms with Crippen LogP contribution < -0.4 is 20.9 Å². The minimum Gasteiger partial charge on any atom is -0.477 e. The summed E-state index contributed by atoms with van der Waals surface area (Å²) in [6.45, 7) is 0.419. The number of thioether (sulfide) groups is 1. The lowest BCUT2D eigenvalue weighted by molar-refractivity contribution is -0.683. The van der Waals surface area contributed by atoms with E-state index in [-0.39, 0.29) is 23.5 Å². The van der Waals surface area contributed by atoms with Crippen LogP contribution in [0.4, 0.5) is 5.69 Å². The van der Waals surface area contributed by atoms with Gasteiger partial charge >= 0.3 is 5.97 Å². The van der Waals surface area contributed by atoms with Crippen LogP contribution in [0.5, 0.6) is 0 Å². The molecule has 3 aliphatic heterocycles. The molecule has 4 rings (SSSR count). The number of fused-ring (bicyclic) bond motifs is 1. The van der Waals surface area contributed by atoms with Crippen molar-refractivity contribution < 1.29 is 28.9 Å². The van der Waals surface area contributed by atoms with E-state index in [2.05, 4.69) is 0 Å². The highest BCUT2D eigenvalue weighted by Gasteiger charge is 2.51. The first kappa shape index (κ1) is 20.1. The second-order valence-corrected chi connectivity index (χ2v) is 8.30. The number of amides is 3.